The number of nitrogens with zero attached hydrogens (tertiary/aromatic N) is 5. The first-order valence-electron chi connectivity index (χ1n) is 23.4. The van der Waals surface area contributed by atoms with E-state index in [0.29, 0.717) is 35.1 Å². The Morgan fingerprint density at radius 3 is 2.51 bits per heavy atom. The van der Waals surface area contributed by atoms with Crippen molar-refractivity contribution in [1.82, 2.24) is 29.7 Å². The van der Waals surface area contributed by atoms with E-state index < -0.39 is 47.9 Å². The molecule has 2 aromatic heterocycles. The van der Waals surface area contributed by atoms with Crippen LogP contribution in [0, 0.1) is 17.7 Å². The van der Waals surface area contributed by atoms with E-state index in [0.717, 1.165) is 70.4 Å². The van der Waals surface area contributed by atoms with Gasteiger partial charge in [-0.25, -0.2) is 23.4 Å². The van der Waals surface area contributed by atoms with Gasteiger partial charge >= 0.3 is 12.2 Å². The average molecular weight is 932 g/mol. The Morgan fingerprint density at radius 1 is 0.971 bits per heavy atom. The molecule has 0 radical (unpaired) electrons. The van der Waals surface area contributed by atoms with Crippen molar-refractivity contribution in [2.45, 2.75) is 110 Å². The molecule has 9 rings (SSSR count). The zero-order valence-electron chi connectivity index (χ0n) is 39.8. The second-order valence-corrected chi connectivity index (χ2v) is 19.6. The normalized spacial score (nSPS) is 21.9. The molecule has 4 aliphatic rings. The summed E-state index contributed by atoms with van der Waals surface area (Å²) in [4.78, 5) is 55.9. The first-order valence-corrected chi connectivity index (χ1v) is 23.4. The maximum Gasteiger partial charge on any atom is 0.410 e. The lowest BCUT2D eigenvalue weighted by atomic mass is 9.93. The lowest BCUT2D eigenvalue weighted by Crippen LogP contribution is -2.51. The zero-order chi connectivity index (χ0) is 48.2. The molecule has 2 saturated heterocycles. The van der Waals surface area contributed by atoms with Crippen molar-refractivity contribution in [2.24, 2.45) is 16.8 Å². The Morgan fingerprint density at radius 2 is 1.76 bits per heavy atom. The largest absolute Gasteiger partial charge is 0.497 e. The number of benzene rings is 3. The number of hydrogen-bond donors (Lipinski definition) is 2. The number of fused-ring (bicyclic) bond motifs is 5. The van der Waals surface area contributed by atoms with Crippen LogP contribution in [-0.4, -0.2) is 99.3 Å². The summed E-state index contributed by atoms with van der Waals surface area (Å²) in [6.07, 6.45) is 4.13. The molecule has 0 aliphatic carbocycles. The van der Waals surface area contributed by atoms with Crippen LogP contribution >= 0.6 is 0 Å². The number of ether oxygens (including phenoxy) is 4. The van der Waals surface area contributed by atoms with Gasteiger partial charge in [0.15, 0.2) is 0 Å². The molecule has 6 atom stereocenters. The van der Waals surface area contributed by atoms with Gasteiger partial charge in [-0.05, 0) is 101 Å². The number of amides is 3. The molecule has 0 spiro atoms. The van der Waals surface area contributed by atoms with E-state index in [9.17, 15) is 14.4 Å². The lowest BCUT2D eigenvalue weighted by Gasteiger charge is -2.31. The second-order valence-electron chi connectivity index (χ2n) is 19.6. The van der Waals surface area contributed by atoms with Crippen molar-refractivity contribution < 1.29 is 42.1 Å². The molecule has 4 aliphatic heterocycles. The number of rotatable bonds is 9. The van der Waals surface area contributed by atoms with Gasteiger partial charge in [-0.2, -0.15) is 0 Å². The van der Waals surface area contributed by atoms with Crippen LogP contribution in [0.1, 0.15) is 103 Å². The summed E-state index contributed by atoms with van der Waals surface area (Å²) in [5.74, 6) is 0.374. The van der Waals surface area contributed by atoms with E-state index >= 15 is 8.78 Å². The van der Waals surface area contributed by atoms with Crippen molar-refractivity contribution in [3.63, 3.8) is 0 Å². The molecule has 68 heavy (non-hydrogen) atoms. The smallest absolute Gasteiger partial charge is 0.410 e. The first kappa shape index (κ1) is 46.4. The molecule has 3 amide bonds. The lowest BCUT2D eigenvalue weighted by molar-refractivity contribution is -0.135. The van der Waals surface area contributed by atoms with Crippen LogP contribution in [0.2, 0.25) is 0 Å². The maximum absolute atomic E-state index is 15.3. The number of allylic oxidation sites excluding steroid dienone is 1. The number of nitrogens with one attached hydrogen (secondary N) is 2. The van der Waals surface area contributed by atoms with Crippen LogP contribution in [0.4, 0.5) is 18.4 Å². The molecule has 358 valence electrons. The van der Waals surface area contributed by atoms with E-state index in [4.69, 9.17) is 23.9 Å². The van der Waals surface area contributed by atoms with Gasteiger partial charge in [-0.3, -0.25) is 14.7 Å². The molecular formula is C52H59F2N7O7. The van der Waals surface area contributed by atoms with Crippen LogP contribution < -0.4 is 14.8 Å². The van der Waals surface area contributed by atoms with E-state index in [1.165, 1.54) is 31.3 Å². The monoisotopic (exact) mass is 931 g/mol. The van der Waals surface area contributed by atoms with Crippen LogP contribution in [0.3, 0.4) is 0 Å². The molecule has 0 saturated carbocycles. The highest BCUT2D eigenvalue weighted by Crippen LogP contribution is 2.47. The van der Waals surface area contributed by atoms with E-state index in [1.807, 2.05) is 62.1 Å². The van der Waals surface area contributed by atoms with Gasteiger partial charge in [0.05, 0.1) is 61.6 Å². The number of imidazole rings is 1. The minimum Gasteiger partial charge on any atom is -0.497 e. The molecule has 6 heterocycles. The third-order valence-corrected chi connectivity index (χ3v) is 13.3. The van der Waals surface area contributed by atoms with Crippen LogP contribution in [-0.2, 0) is 14.3 Å². The SMILES string of the molecule is COC(=O)NC(C(=O)N1CC(F)CC1c1ncc(-c2ccc3c(c2)cc2n3C(c3cc(F)cc(OC)c3)Oc3cc(C4=CCCC(C)C(C5CCCN5C(=O)OC(C)(C)C)=N4)ccc3-2)[nH]1)C(C)C. The molecule has 3 aromatic carbocycles. The fourth-order valence-corrected chi connectivity index (χ4v) is 10.0. The number of alkyl halides is 1. The van der Waals surface area contributed by atoms with Gasteiger partial charge in [0.1, 0.15) is 41.0 Å². The third kappa shape index (κ3) is 9.04. The molecule has 16 heteroatoms. The number of likely N-dealkylation sites (tertiary alicyclic amines) is 2. The topological polar surface area (TPSA) is 153 Å². The number of H-pyrrole nitrogens is 1. The number of aromatic amines is 1. The van der Waals surface area contributed by atoms with Crippen LogP contribution in [0.5, 0.6) is 11.5 Å². The number of carbonyl (C=O) groups excluding carboxylic acids is 3. The Bertz CT molecular complexity index is 2830. The number of aromatic nitrogens is 3. The molecule has 2 fully saturated rings. The number of methoxy groups -OCH3 is 2. The molecule has 5 aromatic rings. The second kappa shape index (κ2) is 18.4. The molecular weight excluding hydrogens is 873 g/mol. The fraction of sp³-hybridized carbons (Fsp3) is 0.442. The summed E-state index contributed by atoms with van der Waals surface area (Å²) in [5.41, 5.74) is 6.55. The van der Waals surface area contributed by atoms with Gasteiger partial charge in [-0.15, -0.1) is 0 Å². The Hall–Kier alpha value is -6.71. The molecule has 14 nitrogen and oxygen atoms in total. The minimum atomic E-state index is -1.27. The van der Waals surface area contributed by atoms with Gasteiger partial charge in [0.2, 0.25) is 12.1 Å². The molecule has 6 unspecified atom stereocenters. The van der Waals surface area contributed by atoms with E-state index in [2.05, 4.69) is 38.9 Å². The van der Waals surface area contributed by atoms with E-state index in [1.54, 1.807) is 26.1 Å². The Balaban J connectivity index is 1.07. The highest BCUT2D eigenvalue weighted by Gasteiger charge is 2.42. The van der Waals surface area contributed by atoms with Crippen molar-refractivity contribution in [3.05, 3.63) is 95.7 Å². The number of alkyl carbamates (subject to hydrolysis) is 1. The van der Waals surface area contributed by atoms with Gasteiger partial charge in [0.25, 0.3) is 0 Å². The minimum absolute atomic E-state index is 0.0531. The predicted molar refractivity (Wildman–Crippen MR) is 255 cm³/mol. The van der Waals surface area contributed by atoms with Gasteiger partial charge in [0, 0.05) is 52.4 Å². The van der Waals surface area contributed by atoms with Gasteiger partial charge < -0.3 is 38.7 Å². The summed E-state index contributed by atoms with van der Waals surface area (Å²) < 4.78 is 55.4. The number of hydrogen-bond acceptors (Lipinski definition) is 9. The fourth-order valence-electron chi connectivity index (χ4n) is 10.0. The van der Waals surface area contributed by atoms with Crippen LogP contribution in [0.15, 0.2) is 77.9 Å². The Labute approximate surface area is 394 Å². The summed E-state index contributed by atoms with van der Waals surface area (Å²) in [6, 6.07) is 16.9. The average Bonchev–Trinajstić information content (AvgIpc) is 4.12. The summed E-state index contributed by atoms with van der Waals surface area (Å²) in [6.45, 7) is 11.9. The number of aliphatic imine (C=N–C) groups is 1. The Kier molecular flexibility index (Phi) is 12.6. The third-order valence-electron chi connectivity index (χ3n) is 13.3. The van der Waals surface area contributed by atoms with Crippen LogP contribution in [0.25, 0.3) is 39.1 Å². The molecule has 2 N–H and O–H groups in total. The summed E-state index contributed by atoms with van der Waals surface area (Å²) in [5, 5.41) is 3.48. The van der Waals surface area contributed by atoms with Crippen molar-refractivity contribution >= 4 is 40.4 Å². The first-order chi connectivity index (χ1) is 32.5. The molecule has 0 bridgehead atoms. The standard InChI is InChI=1S/C52H59F2N7O7/c1-28(2)45(58-50(63)66-8)48(62)60-27-35(54)25-43(60)47-55-26-39(57-47)30-15-17-40-32(19-30)22-42-37-16-14-31(23-44(37)67-49(61(40)42)33-20-34(53)24-36(21-33)65-7)38-12-9-11-29(3)46(56-38)41-13-10-18-59(41)51(64)68-52(4,5)6/h12,14-17,19-24,26,28-29,35,41,43,45,49H,9-11,13,18,25,27H2,1-8H3,(H,55,57)(H,58,63). The van der Waals surface area contributed by atoms with Crippen molar-refractivity contribution in [1.29, 1.82) is 0 Å². The predicted octanol–water partition coefficient (Wildman–Crippen LogP) is 10.4. The zero-order valence-corrected chi connectivity index (χ0v) is 39.8. The quantitative estimate of drug-likeness (QED) is 0.148. The number of halogens is 2. The highest BCUT2D eigenvalue weighted by atomic mass is 19.1. The number of carbonyl (C=O) groups is 3. The van der Waals surface area contributed by atoms with Crippen molar-refractivity contribution in [3.8, 4) is 34.0 Å². The maximum atomic E-state index is 15.3. The summed E-state index contributed by atoms with van der Waals surface area (Å²) in [7, 11) is 2.72. The van der Waals surface area contributed by atoms with Crippen molar-refractivity contribution in [2.75, 3.05) is 27.3 Å². The summed E-state index contributed by atoms with van der Waals surface area (Å²) >= 11 is 0. The van der Waals surface area contributed by atoms with Gasteiger partial charge in [-0.1, -0.05) is 39.0 Å². The van der Waals surface area contributed by atoms with E-state index in [-0.39, 0.29) is 36.9 Å². The highest BCUT2D eigenvalue weighted by molar-refractivity contribution is 5.98.